The molecular formula is C13H15F3O4. The van der Waals surface area contributed by atoms with Crippen LogP contribution in [0.3, 0.4) is 0 Å². The first-order chi connectivity index (χ1) is 9.25. The number of hydrogen-bond donors (Lipinski definition) is 1. The predicted octanol–water partition coefficient (Wildman–Crippen LogP) is 3.21. The molecule has 0 aliphatic rings. The number of alkyl halides is 3. The molecule has 0 heterocycles. The van der Waals surface area contributed by atoms with Crippen LogP contribution in [-0.4, -0.2) is 30.9 Å². The molecule has 1 aromatic carbocycles. The van der Waals surface area contributed by atoms with Gasteiger partial charge in [-0.2, -0.15) is 13.2 Å². The summed E-state index contributed by atoms with van der Waals surface area (Å²) in [5, 5.41) is 8.74. The molecule has 4 nitrogen and oxygen atoms in total. The molecule has 0 amide bonds. The number of halogens is 3. The molecule has 0 spiro atoms. The Labute approximate surface area is 114 Å². The van der Waals surface area contributed by atoms with Crippen molar-refractivity contribution in [3.8, 4) is 5.75 Å². The van der Waals surface area contributed by atoms with E-state index in [2.05, 4.69) is 0 Å². The lowest BCUT2D eigenvalue weighted by atomic mass is 10.1. The van der Waals surface area contributed by atoms with Gasteiger partial charge < -0.3 is 14.6 Å². The van der Waals surface area contributed by atoms with Gasteiger partial charge in [0.1, 0.15) is 5.75 Å². The molecule has 0 bridgehead atoms. The predicted molar refractivity (Wildman–Crippen MR) is 65.0 cm³/mol. The minimum Gasteiger partial charge on any atom is -0.490 e. The molecule has 1 aromatic rings. The summed E-state index contributed by atoms with van der Waals surface area (Å²) < 4.78 is 48.7. The van der Waals surface area contributed by atoms with Crippen LogP contribution in [0.25, 0.3) is 0 Å². The third-order valence-corrected chi connectivity index (χ3v) is 2.59. The van der Waals surface area contributed by atoms with E-state index in [-0.39, 0.29) is 5.75 Å². The lowest BCUT2D eigenvalue weighted by Crippen LogP contribution is -2.18. The molecule has 0 radical (unpaired) electrons. The molecule has 0 saturated carbocycles. The van der Waals surface area contributed by atoms with Crippen molar-refractivity contribution in [3.63, 3.8) is 0 Å². The van der Waals surface area contributed by atoms with Crippen molar-refractivity contribution in [1.82, 2.24) is 0 Å². The van der Waals surface area contributed by atoms with Crippen molar-refractivity contribution in [2.75, 3.05) is 13.7 Å². The number of aromatic carboxylic acids is 1. The summed E-state index contributed by atoms with van der Waals surface area (Å²) in [6.07, 6.45) is -4.73. The zero-order valence-electron chi connectivity index (χ0n) is 11.0. The van der Waals surface area contributed by atoms with Gasteiger partial charge in [0.2, 0.25) is 0 Å². The highest BCUT2D eigenvalue weighted by Gasteiger charge is 2.35. The lowest BCUT2D eigenvalue weighted by Gasteiger charge is -2.19. The van der Waals surface area contributed by atoms with Gasteiger partial charge in [-0.25, -0.2) is 4.79 Å². The molecule has 20 heavy (non-hydrogen) atoms. The quantitative estimate of drug-likeness (QED) is 0.874. The zero-order valence-corrected chi connectivity index (χ0v) is 11.0. The molecule has 1 unspecified atom stereocenters. The van der Waals surface area contributed by atoms with E-state index in [0.29, 0.717) is 19.1 Å². The van der Waals surface area contributed by atoms with Gasteiger partial charge in [0.15, 0.2) is 0 Å². The van der Waals surface area contributed by atoms with E-state index in [9.17, 15) is 18.0 Å². The average molecular weight is 292 g/mol. The number of carboxylic acid groups (broad SMARTS) is 1. The Hall–Kier alpha value is -1.76. The van der Waals surface area contributed by atoms with E-state index in [4.69, 9.17) is 14.6 Å². The first kappa shape index (κ1) is 16.3. The fourth-order valence-corrected chi connectivity index (χ4v) is 1.55. The van der Waals surface area contributed by atoms with Crippen LogP contribution in [-0.2, 0) is 10.9 Å². The Morgan fingerprint density at radius 3 is 2.55 bits per heavy atom. The molecule has 0 saturated heterocycles. The number of methoxy groups -OCH3 is 1. The summed E-state index contributed by atoms with van der Waals surface area (Å²) in [7, 11) is 1.48. The van der Waals surface area contributed by atoms with E-state index in [1.54, 1.807) is 6.92 Å². The number of benzene rings is 1. The Kier molecular flexibility index (Phi) is 5.38. The minimum absolute atomic E-state index is 0.357. The van der Waals surface area contributed by atoms with Crippen molar-refractivity contribution >= 4 is 5.97 Å². The van der Waals surface area contributed by atoms with Crippen molar-refractivity contribution in [2.24, 2.45) is 0 Å². The van der Waals surface area contributed by atoms with Crippen LogP contribution in [0.2, 0.25) is 0 Å². The van der Waals surface area contributed by atoms with Crippen molar-refractivity contribution in [2.45, 2.75) is 25.6 Å². The smallest absolute Gasteiger partial charge is 0.419 e. The van der Waals surface area contributed by atoms with Gasteiger partial charge in [0.05, 0.1) is 17.2 Å². The average Bonchev–Trinajstić information content (AvgIpc) is 2.35. The summed E-state index contributed by atoms with van der Waals surface area (Å²) in [6, 6.07) is 2.67. The molecule has 1 atom stereocenters. The molecule has 7 heteroatoms. The second-order valence-electron chi connectivity index (χ2n) is 4.22. The van der Waals surface area contributed by atoms with Gasteiger partial charge >= 0.3 is 12.1 Å². The lowest BCUT2D eigenvalue weighted by molar-refractivity contribution is -0.139. The highest BCUT2D eigenvalue weighted by atomic mass is 19.4. The van der Waals surface area contributed by atoms with Crippen LogP contribution in [0.15, 0.2) is 18.2 Å². The van der Waals surface area contributed by atoms with E-state index in [0.717, 1.165) is 12.1 Å². The fourth-order valence-electron chi connectivity index (χ4n) is 1.55. The molecule has 1 rings (SSSR count). The summed E-state index contributed by atoms with van der Waals surface area (Å²) in [5.74, 6) is -1.81. The molecule has 0 aromatic heterocycles. The van der Waals surface area contributed by atoms with Crippen molar-refractivity contribution in [1.29, 1.82) is 0 Å². The highest BCUT2D eigenvalue weighted by molar-refractivity contribution is 5.88. The summed E-state index contributed by atoms with van der Waals surface area (Å²) in [6.45, 7) is 1.97. The highest BCUT2D eigenvalue weighted by Crippen LogP contribution is 2.37. The third-order valence-electron chi connectivity index (χ3n) is 2.59. The third kappa shape index (κ3) is 4.41. The monoisotopic (exact) mass is 292 g/mol. The van der Waals surface area contributed by atoms with Crippen molar-refractivity contribution < 1.29 is 32.5 Å². The Balaban J connectivity index is 3.03. The van der Waals surface area contributed by atoms with Crippen LogP contribution < -0.4 is 4.74 Å². The SMILES string of the molecule is COCCC(C)Oc1ccc(C(=O)O)cc1C(F)(F)F. The van der Waals surface area contributed by atoms with E-state index in [1.165, 1.54) is 7.11 Å². The van der Waals surface area contributed by atoms with Crippen LogP contribution in [0.1, 0.15) is 29.3 Å². The number of rotatable bonds is 6. The second kappa shape index (κ2) is 6.60. The van der Waals surface area contributed by atoms with Crippen LogP contribution in [0.4, 0.5) is 13.2 Å². The summed E-state index contributed by atoms with van der Waals surface area (Å²) in [4.78, 5) is 10.7. The standard InChI is InChI=1S/C13H15F3O4/c1-8(5-6-19-2)20-11-4-3-9(12(17)18)7-10(11)13(14,15)16/h3-4,7-8H,5-6H2,1-2H3,(H,17,18). The Morgan fingerprint density at radius 1 is 1.40 bits per heavy atom. The number of carboxylic acids is 1. The topological polar surface area (TPSA) is 55.8 Å². The Morgan fingerprint density at radius 2 is 2.05 bits per heavy atom. The van der Waals surface area contributed by atoms with Crippen LogP contribution in [0.5, 0.6) is 5.75 Å². The van der Waals surface area contributed by atoms with Gasteiger partial charge in [-0.15, -0.1) is 0 Å². The van der Waals surface area contributed by atoms with Gasteiger partial charge in [-0.05, 0) is 25.1 Å². The van der Waals surface area contributed by atoms with Gasteiger partial charge in [0.25, 0.3) is 0 Å². The van der Waals surface area contributed by atoms with E-state index < -0.39 is 29.4 Å². The maximum Gasteiger partial charge on any atom is 0.419 e. The molecule has 0 aliphatic carbocycles. The molecule has 112 valence electrons. The van der Waals surface area contributed by atoms with Gasteiger partial charge in [-0.1, -0.05) is 0 Å². The Bertz CT molecular complexity index is 471. The van der Waals surface area contributed by atoms with Crippen molar-refractivity contribution in [3.05, 3.63) is 29.3 Å². The normalized spacial score (nSPS) is 13.1. The van der Waals surface area contributed by atoms with E-state index >= 15 is 0 Å². The number of carbonyl (C=O) groups is 1. The van der Waals surface area contributed by atoms with Gasteiger partial charge in [0, 0.05) is 20.1 Å². The largest absolute Gasteiger partial charge is 0.490 e. The summed E-state index contributed by atoms with van der Waals surface area (Å²) >= 11 is 0. The zero-order chi connectivity index (χ0) is 15.3. The second-order valence-corrected chi connectivity index (χ2v) is 4.22. The maximum atomic E-state index is 12.9. The summed E-state index contributed by atoms with van der Waals surface area (Å²) in [5.41, 5.74) is -1.53. The first-order valence-electron chi connectivity index (χ1n) is 5.86. The molecule has 0 aliphatic heterocycles. The first-order valence-corrected chi connectivity index (χ1v) is 5.86. The molecule has 1 N–H and O–H groups in total. The van der Waals surface area contributed by atoms with Crippen LogP contribution in [0, 0.1) is 0 Å². The maximum absolute atomic E-state index is 12.9. The number of hydrogen-bond acceptors (Lipinski definition) is 3. The van der Waals surface area contributed by atoms with Gasteiger partial charge in [-0.3, -0.25) is 0 Å². The molecule has 0 fully saturated rings. The minimum atomic E-state index is -4.68. The fraction of sp³-hybridized carbons (Fsp3) is 0.462. The number of ether oxygens (including phenoxy) is 2. The van der Waals surface area contributed by atoms with E-state index in [1.807, 2.05) is 0 Å². The molecular weight excluding hydrogens is 277 g/mol. The van der Waals surface area contributed by atoms with Crippen LogP contribution >= 0.6 is 0 Å².